The van der Waals surface area contributed by atoms with Crippen molar-refractivity contribution in [1.82, 2.24) is 4.90 Å². The fraction of sp³-hybridized carbons (Fsp3) is 0.769. The molecule has 6 nitrogen and oxygen atoms in total. The van der Waals surface area contributed by atoms with E-state index < -0.39 is 11.7 Å². The number of rotatable bonds is 0. The summed E-state index contributed by atoms with van der Waals surface area (Å²) in [6.07, 6.45) is 0.909. The number of amides is 1. The molecule has 0 aromatic carbocycles. The van der Waals surface area contributed by atoms with E-state index in [1.807, 2.05) is 20.8 Å². The number of hydrogen-bond acceptors (Lipinski definition) is 5. The molecule has 1 aliphatic rings. The minimum Gasteiger partial charge on any atom is -0.444 e. The first-order chi connectivity index (χ1) is 9.03. The highest BCUT2D eigenvalue weighted by Crippen LogP contribution is 2.14. The van der Waals surface area contributed by atoms with E-state index in [0.29, 0.717) is 23.4 Å². The minimum atomic E-state index is -0.459. The molecule has 1 aliphatic heterocycles. The number of likely N-dealkylation sites (tertiary alicyclic amines) is 1. The molecule has 20 heavy (non-hydrogen) atoms. The largest absolute Gasteiger partial charge is 0.444 e. The average molecular weight is 352 g/mol. The summed E-state index contributed by atoms with van der Waals surface area (Å²) in [6, 6.07) is 0. The zero-order valence-electron chi connectivity index (χ0n) is 12.6. The molecule has 1 rings (SSSR count). The zero-order valence-corrected chi connectivity index (χ0v) is 14.2. The third-order valence-corrected chi connectivity index (χ3v) is 3.05. The van der Waals surface area contributed by atoms with Crippen molar-refractivity contribution in [3.63, 3.8) is 0 Å². The average Bonchev–Trinajstić information content (AvgIpc) is 2.27. The van der Waals surface area contributed by atoms with Crippen LogP contribution in [0.1, 0.15) is 40.5 Å². The number of β-amino-alcohol motifs (C(OH)–C–C–N with tert-alkyl or cyclic N) is 1. The summed E-state index contributed by atoms with van der Waals surface area (Å²) in [4.78, 5) is 13.1. The lowest BCUT2D eigenvalue weighted by Crippen LogP contribution is -2.44. The molecule has 1 heterocycles. The number of carbonyl (C=O) groups is 1. The molecule has 118 valence electrons. The molecule has 0 spiro atoms. The number of allylic oxidation sites excluding steroid dienone is 1. The van der Waals surface area contributed by atoms with Gasteiger partial charge in [-0.2, -0.15) is 0 Å². The van der Waals surface area contributed by atoms with Crippen LogP contribution in [0.2, 0.25) is 0 Å². The first-order valence-corrected chi connectivity index (χ1v) is 7.35. The van der Waals surface area contributed by atoms with Gasteiger partial charge in [0, 0.05) is 18.8 Å². The Morgan fingerprint density at radius 1 is 1.40 bits per heavy atom. The number of nitrogens with two attached hydrogens (primary N) is 2. The maximum absolute atomic E-state index is 11.6. The van der Waals surface area contributed by atoms with Gasteiger partial charge in [0.2, 0.25) is 0 Å². The number of aliphatic hydroxyl groups is 1. The number of ether oxygens (including phenoxy) is 1. The summed E-state index contributed by atoms with van der Waals surface area (Å²) in [6.45, 7) is 8.33. The summed E-state index contributed by atoms with van der Waals surface area (Å²) in [5.74, 6) is 0. The summed E-state index contributed by atoms with van der Waals surface area (Å²) in [7, 11) is 0. The van der Waals surface area contributed by atoms with Crippen LogP contribution in [0.5, 0.6) is 0 Å². The van der Waals surface area contributed by atoms with E-state index in [2.05, 4.69) is 15.9 Å². The SMILES string of the molecule is C/C(N)=C(/N)Br.CC(C)(C)OC(=O)N1CCCC(O)C1. The number of hydrogen-bond donors (Lipinski definition) is 3. The van der Waals surface area contributed by atoms with Crippen LogP contribution < -0.4 is 11.5 Å². The molecule has 1 unspecified atom stereocenters. The van der Waals surface area contributed by atoms with Gasteiger partial charge in [-0.15, -0.1) is 0 Å². The maximum Gasteiger partial charge on any atom is 0.410 e. The summed E-state index contributed by atoms with van der Waals surface area (Å²) in [5, 5.41) is 9.38. The number of halogens is 1. The van der Waals surface area contributed by atoms with Crippen molar-refractivity contribution in [2.75, 3.05) is 13.1 Å². The highest BCUT2D eigenvalue weighted by Gasteiger charge is 2.26. The van der Waals surface area contributed by atoms with E-state index in [1.165, 1.54) is 0 Å². The maximum atomic E-state index is 11.6. The van der Waals surface area contributed by atoms with Gasteiger partial charge in [0.1, 0.15) is 5.60 Å². The Kier molecular flexibility index (Phi) is 7.96. The van der Waals surface area contributed by atoms with Crippen molar-refractivity contribution in [3.05, 3.63) is 10.3 Å². The van der Waals surface area contributed by atoms with Gasteiger partial charge >= 0.3 is 6.09 Å². The van der Waals surface area contributed by atoms with Gasteiger partial charge in [-0.25, -0.2) is 4.79 Å². The molecular formula is C13H26BrN3O3. The highest BCUT2D eigenvalue weighted by molar-refractivity contribution is 9.11. The van der Waals surface area contributed by atoms with E-state index in [4.69, 9.17) is 16.2 Å². The predicted octanol–water partition coefficient (Wildman–Crippen LogP) is 1.87. The third-order valence-electron chi connectivity index (χ3n) is 2.42. The molecule has 5 N–H and O–H groups in total. The monoisotopic (exact) mass is 351 g/mol. The van der Waals surface area contributed by atoms with Gasteiger partial charge < -0.3 is 26.2 Å². The Labute approximate surface area is 129 Å². The second-order valence-corrected chi connectivity index (χ2v) is 6.61. The molecule has 1 amide bonds. The second kappa shape index (κ2) is 8.36. The predicted molar refractivity (Wildman–Crippen MR) is 83.0 cm³/mol. The highest BCUT2D eigenvalue weighted by atomic mass is 79.9. The number of carbonyl (C=O) groups excluding carboxylic acids is 1. The fourth-order valence-corrected chi connectivity index (χ4v) is 1.45. The molecule has 0 bridgehead atoms. The number of aliphatic hydroxyl groups excluding tert-OH is 1. The molecule has 0 saturated carbocycles. The van der Waals surface area contributed by atoms with E-state index in [-0.39, 0.29) is 6.09 Å². The normalized spacial score (nSPS) is 20.5. The summed E-state index contributed by atoms with van der Waals surface area (Å²) < 4.78 is 5.72. The lowest BCUT2D eigenvalue weighted by atomic mass is 10.1. The van der Waals surface area contributed by atoms with Gasteiger partial charge in [-0.1, -0.05) is 0 Å². The summed E-state index contributed by atoms with van der Waals surface area (Å²) in [5.41, 5.74) is 10.4. The Balaban J connectivity index is 0.000000511. The van der Waals surface area contributed by atoms with Crippen LogP contribution in [0.25, 0.3) is 0 Å². The topological polar surface area (TPSA) is 102 Å². The number of nitrogens with zero attached hydrogens (tertiary/aromatic N) is 1. The molecular weight excluding hydrogens is 326 g/mol. The van der Waals surface area contributed by atoms with Gasteiger partial charge in [-0.3, -0.25) is 0 Å². The molecule has 0 radical (unpaired) electrons. The smallest absolute Gasteiger partial charge is 0.410 e. The van der Waals surface area contributed by atoms with Crippen molar-refractivity contribution >= 4 is 22.0 Å². The second-order valence-electron chi connectivity index (χ2n) is 5.75. The third kappa shape index (κ3) is 9.03. The molecule has 7 heteroatoms. The van der Waals surface area contributed by atoms with Gasteiger partial charge in [0.05, 0.1) is 10.7 Å². The van der Waals surface area contributed by atoms with Crippen LogP contribution in [-0.4, -0.2) is 40.9 Å². The van der Waals surface area contributed by atoms with Crippen molar-refractivity contribution in [2.45, 2.75) is 52.2 Å². The lowest BCUT2D eigenvalue weighted by Gasteiger charge is -2.32. The van der Waals surface area contributed by atoms with Crippen LogP contribution in [0, 0.1) is 0 Å². The van der Waals surface area contributed by atoms with E-state index in [1.54, 1.807) is 11.8 Å². The Morgan fingerprint density at radius 3 is 2.25 bits per heavy atom. The Bertz CT molecular complexity index is 335. The summed E-state index contributed by atoms with van der Waals surface area (Å²) >= 11 is 2.97. The van der Waals surface area contributed by atoms with Gasteiger partial charge in [0.15, 0.2) is 0 Å². The van der Waals surface area contributed by atoms with E-state index >= 15 is 0 Å². The van der Waals surface area contributed by atoms with Crippen LogP contribution in [0.3, 0.4) is 0 Å². The van der Waals surface area contributed by atoms with Crippen molar-refractivity contribution < 1.29 is 14.6 Å². The van der Waals surface area contributed by atoms with Crippen molar-refractivity contribution in [1.29, 1.82) is 0 Å². The number of piperidine rings is 1. The zero-order chi connectivity index (χ0) is 15.9. The van der Waals surface area contributed by atoms with Gasteiger partial charge in [-0.05, 0) is 56.5 Å². The van der Waals surface area contributed by atoms with Crippen LogP contribution in [0.4, 0.5) is 4.79 Å². The molecule has 0 aromatic heterocycles. The fourth-order valence-electron chi connectivity index (χ4n) is 1.45. The Morgan fingerprint density at radius 2 is 1.90 bits per heavy atom. The van der Waals surface area contributed by atoms with Crippen LogP contribution in [-0.2, 0) is 4.74 Å². The van der Waals surface area contributed by atoms with E-state index in [0.717, 1.165) is 12.8 Å². The van der Waals surface area contributed by atoms with Crippen molar-refractivity contribution in [2.24, 2.45) is 11.5 Å². The molecule has 1 atom stereocenters. The van der Waals surface area contributed by atoms with E-state index in [9.17, 15) is 9.90 Å². The quantitative estimate of drug-likeness (QED) is 0.578. The molecule has 1 fully saturated rings. The van der Waals surface area contributed by atoms with Crippen LogP contribution >= 0.6 is 15.9 Å². The first-order valence-electron chi connectivity index (χ1n) is 6.56. The first kappa shape index (κ1) is 19.1. The standard InChI is InChI=1S/C10H19NO3.C3H7BrN2/c1-10(2,3)14-9(13)11-6-4-5-8(12)7-11;1-2(5)3(4)6/h8,12H,4-7H2,1-3H3;5-6H2,1H3/b;3-2-. The molecule has 1 saturated heterocycles. The Hall–Kier alpha value is -0.950. The van der Waals surface area contributed by atoms with Crippen molar-refractivity contribution in [3.8, 4) is 0 Å². The van der Waals surface area contributed by atoms with Gasteiger partial charge in [0.25, 0.3) is 0 Å². The molecule has 0 aliphatic carbocycles. The molecule has 0 aromatic rings. The lowest BCUT2D eigenvalue weighted by molar-refractivity contribution is 0.00391. The van der Waals surface area contributed by atoms with Crippen LogP contribution in [0.15, 0.2) is 10.3 Å². The minimum absolute atomic E-state index is 0.323.